The van der Waals surface area contributed by atoms with Crippen LogP contribution in [0.1, 0.15) is 31.9 Å². The summed E-state index contributed by atoms with van der Waals surface area (Å²) in [7, 11) is 1.43. The van der Waals surface area contributed by atoms with Crippen molar-refractivity contribution in [3.8, 4) is 17.2 Å². The molecule has 0 bridgehead atoms. The third kappa shape index (κ3) is 7.16. The molecule has 0 heterocycles. The van der Waals surface area contributed by atoms with E-state index < -0.39 is 23.5 Å². The molecule has 0 aliphatic carbocycles. The predicted octanol–water partition coefficient (Wildman–Crippen LogP) is 3.19. The average molecular weight is 413 g/mol. The molecule has 3 N–H and O–H groups in total. The van der Waals surface area contributed by atoms with Crippen LogP contribution < -0.4 is 10.1 Å². The van der Waals surface area contributed by atoms with E-state index in [0.29, 0.717) is 5.56 Å². The van der Waals surface area contributed by atoms with Crippen molar-refractivity contribution < 1.29 is 29.3 Å². The van der Waals surface area contributed by atoms with Crippen LogP contribution in [-0.2, 0) is 20.7 Å². The largest absolute Gasteiger partial charge is 0.508 e. The van der Waals surface area contributed by atoms with Crippen molar-refractivity contribution in [2.75, 3.05) is 7.11 Å². The van der Waals surface area contributed by atoms with Crippen molar-refractivity contribution in [1.82, 2.24) is 5.32 Å². The van der Waals surface area contributed by atoms with Gasteiger partial charge in [-0.15, -0.1) is 0 Å². The Morgan fingerprint density at radius 1 is 1.10 bits per heavy atom. The van der Waals surface area contributed by atoms with Gasteiger partial charge < -0.3 is 25.0 Å². The van der Waals surface area contributed by atoms with Crippen LogP contribution in [0.5, 0.6) is 17.2 Å². The topological polar surface area (TPSA) is 105 Å². The van der Waals surface area contributed by atoms with Crippen LogP contribution in [0.4, 0.5) is 0 Å². The molecule has 2 aromatic carbocycles. The van der Waals surface area contributed by atoms with Crippen molar-refractivity contribution in [3.63, 3.8) is 0 Å². The molecule has 160 valence electrons. The fraction of sp³-hybridized carbons (Fsp3) is 0.304. The van der Waals surface area contributed by atoms with Gasteiger partial charge in [0.1, 0.15) is 17.4 Å². The lowest BCUT2D eigenvalue weighted by Crippen LogP contribution is -2.45. The molecule has 0 radical (unpaired) electrons. The number of carbonyl (C=O) groups excluding carboxylic acids is 2. The van der Waals surface area contributed by atoms with Gasteiger partial charge in [-0.3, -0.25) is 4.79 Å². The zero-order chi connectivity index (χ0) is 22.3. The van der Waals surface area contributed by atoms with Gasteiger partial charge in [-0.2, -0.15) is 0 Å². The summed E-state index contributed by atoms with van der Waals surface area (Å²) in [6.07, 6.45) is 3.05. The van der Waals surface area contributed by atoms with E-state index in [1.807, 2.05) is 0 Å². The van der Waals surface area contributed by atoms with Gasteiger partial charge in [-0.25, -0.2) is 4.79 Å². The molecule has 1 atom stereocenters. The first-order chi connectivity index (χ1) is 14.1. The number of phenols is 2. The number of carbonyl (C=O) groups is 2. The van der Waals surface area contributed by atoms with E-state index in [2.05, 4.69) is 5.32 Å². The molecule has 0 aliphatic rings. The maximum absolute atomic E-state index is 12.6. The van der Waals surface area contributed by atoms with Crippen LogP contribution >= 0.6 is 0 Å². The Morgan fingerprint density at radius 2 is 1.77 bits per heavy atom. The van der Waals surface area contributed by atoms with Gasteiger partial charge in [-0.05, 0) is 62.2 Å². The highest BCUT2D eigenvalue weighted by Gasteiger charge is 2.26. The Bertz CT molecular complexity index is 912. The molecular weight excluding hydrogens is 386 g/mol. The molecule has 0 saturated heterocycles. The summed E-state index contributed by atoms with van der Waals surface area (Å²) < 4.78 is 10.5. The molecule has 0 spiro atoms. The first-order valence-electron chi connectivity index (χ1n) is 9.44. The van der Waals surface area contributed by atoms with Gasteiger partial charge >= 0.3 is 5.97 Å². The molecule has 0 saturated carbocycles. The Morgan fingerprint density at radius 3 is 2.37 bits per heavy atom. The monoisotopic (exact) mass is 413 g/mol. The second-order valence-corrected chi connectivity index (χ2v) is 7.73. The van der Waals surface area contributed by atoms with Gasteiger partial charge in [0, 0.05) is 12.5 Å². The lowest BCUT2D eigenvalue weighted by Gasteiger charge is -2.24. The molecule has 7 heteroatoms. The van der Waals surface area contributed by atoms with E-state index in [0.717, 1.165) is 5.56 Å². The van der Waals surface area contributed by atoms with Crippen molar-refractivity contribution in [3.05, 3.63) is 59.7 Å². The van der Waals surface area contributed by atoms with E-state index >= 15 is 0 Å². The molecule has 7 nitrogen and oxygen atoms in total. The summed E-state index contributed by atoms with van der Waals surface area (Å²) >= 11 is 0. The van der Waals surface area contributed by atoms with Crippen molar-refractivity contribution >= 4 is 18.0 Å². The molecule has 0 aliphatic heterocycles. The Labute approximate surface area is 176 Å². The number of aromatic hydroxyl groups is 2. The van der Waals surface area contributed by atoms with E-state index in [4.69, 9.17) is 9.47 Å². The molecule has 0 aromatic heterocycles. The summed E-state index contributed by atoms with van der Waals surface area (Å²) in [5, 5.41) is 21.8. The first kappa shape index (κ1) is 22.8. The average Bonchev–Trinajstić information content (AvgIpc) is 2.67. The lowest BCUT2D eigenvalue weighted by molar-refractivity contribution is -0.158. The molecule has 1 amide bonds. The molecular formula is C23H27NO6. The van der Waals surface area contributed by atoms with Crippen LogP contribution in [0.15, 0.2) is 48.5 Å². The Balaban J connectivity index is 2.14. The van der Waals surface area contributed by atoms with Crippen molar-refractivity contribution in [2.24, 2.45) is 0 Å². The van der Waals surface area contributed by atoms with Gasteiger partial charge in [0.05, 0.1) is 7.11 Å². The number of esters is 1. The maximum Gasteiger partial charge on any atom is 0.329 e. The minimum atomic E-state index is -0.903. The predicted molar refractivity (Wildman–Crippen MR) is 113 cm³/mol. The highest BCUT2D eigenvalue weighted by Crippen LogP contribution is 2.26. The number of rotatable bonds is 7. The minimum absolute atomic E-state index is 0.00186. The molecule has 30 heavy (non-hydrogen) atoms. The van der Waals surface area contributed by atoms with Gasteiger partial charge in [0.2, 0.25) is 5.91 Å². The smallest absolute Gasteiger partial charge is 0.329 e. The maximum atomic E-state index is 12.6. The number of hydrogen-bond acceptors (Lipinski definition) is 6. The summed E-state index contributed by atoms with van der Waals surface area (Å²) in [4.78, 5) is 25.0. The third-order valence-electron chi connectivity index (χ3n) is 4.01. The molecule has 0 unspecified atom stereocenters. The van der Waals surface area contributed by atoms with Crippen molar-refractivity contribution in [1.29, 1.82) is 0 Å². The Hall–Kier alpha value is -3.48. The highest BCUT2D eigenvalue weighted by atomic mass is 16.6. The summed E-state index contributed by atoms with van der Waals surface area (Å²) in [5.41, 5.74) is 0.705. The van der Waals surface area contributed by atoms with Crippen LogP contribution in [0, 0.1) is 0 Å². The van der Waals surface area contributed by atoms with Gasteiger partial charge in [0.25, 0.3) is 0 Å². The van der Waals surface area contributed by atoms with Crippen molar-refractivity contribution in [2.45, 2.75) is 38.8 Å². The first-order valence-corrected chi connectivity index (χ1v) is 9.44. The quantitative estimate of drug-likeness (QED) is 0.476. The van der Waals surface area contributed by atoms with Crippen LogP contribution in [0.2, 0.25) is 0 Å². The van der Waals surface area contributed by atoms with Crippen LogP contribution in [0.25, 0.3) is 6.08 Å². The van der Waals surface area contributed by atoms with Gasteiger partial charge in [0.15, 0.2) is 11.5 Å². The second kappa shape index (κ2) is 9.82. The standard InChI is InChI=1S/C23H27NO6/c1-23(2,3)30-22(28)18(13-15-5-9-17(25)10-6-15)24-21(27)12-8-16-7-11-19(26)20(14-16)29-4/h5-12,14,18,25-26H,13H2,1-4H3,(H,24,27)/b12-8+/t18-/m0/s1. The number of hydrogen-bond donors (Lipinski definition) is 3. The number of amides is 1. The number of benzene rings is 2. The Kier molecular flexibility index (Phi) is 7.47. The summed E-state index contributed by atoms with van der Waals surface area (Å²) in [6, 6.07) is 10.2. The molecule has 2 aromatic rings. The number of nitrogens with one attached hydrogen (secondary N) is 1. The zero-order valence-electron chi connectivity index (χ0n) is 17.5. The third-order valence-corrected chi connectivity index (χ3v) is 4.01. The fourth-order valence-corrected chi connectivity index (χ4v) is 2.62. The molecule has 0 fully saturated rings. The van der Waals surface area contributed by atoms with E-state index in [1.54, 1.807) is 51.1 Å². The number of ether oxygens (including phenoxy) is 2. The summed E-state index contributed by atoms with van der Waals surface area (Å²) in [5.74, 6) is -0.626. The summed E-state index contributed by atoms with van der Waals surface area (Å²) in [6.45, 7) is 5.26. The SMILES string of the molecule is COc1cc(/C=C/C(=O)N[C@@H](Cc2ccc(O)cc2)C(=O)OC(C)(C)C)ccc1O. The van der Waals surface area contributed by atoms with Crippen LogP contribution in [0.3, 0.4) is 0 Å². The zero-order valence-corrected chi connectivity index (χ0v) is 17.5. The van der Waals surface area contributed by atoms with E-state index in [1.165, 1.54) is 31.4 Å². The van der Waals surface area contributed by atoms with E-state index in [9.17, 15) is 19.8 Å². The van der Waals surface area contributed by atoms with Gasteiger partial charge in [-0.1, -0.05) is 18.2 Å². The second-order valence-electron chi connectivity index (χ2n) is 7.73. The lowest BCUT2D eigenvalue weighted by atomic mass is 10.0. The fourth-order valence-electron chi connectivity index (χ4n) is 2.62. The minimum Gasteiger partial charge on any atom is -0.508 e. The van der Waals surface area contributed by atoms with E-state index in [-0.39, 0.29) is 23.7 Å². The van der Waals surface area contributed by atoms with Crippen LogP contribution in [-0.4, -0.2) is 40.8 Å². The number of methoxy groups -OCH3 is 1. The normalized spacial score (nSPS) is 12.4. The number of phenolic OH excluding ortho intramolecular Hbond substituents is 2. The highest BCUT2D eigenvalue weighted by molar-refractivity contribution is 5.94. The molecule has 2 rings (SSSR count).